The zero-order valence-electron chi connectivity index (χ0n) is 7.61. The first-order chi connectivity index (χ1) is 6.33. The van der Waals surface area contributed by atoms with Crippen LogP contribution in [0, 0.1) is 0 Å². The lowest BCUT2D eigenvalue weighted by Gasteiger charge is -2.27. The van der Waals surface area contributed by atoms with E-state index in [1.54, 1.807) is 4.90 Å². The van der Waals surface area contributed by atoms with Crippen LogP contribution in [0.1, 0.15) is 25.7 Å². The van der Waals surface area contributed by atoms with Gasteiger partial charge in [0, 0.05) is 6.54 Å². The number of nitrogens with zero attached hydrogens (tertiary/aromatic N) is 1. The molecule has 0 aromatic carbocycles. The van der Waals surface area contributed by atoms with Gasteiger partial charge in [-0.2, -0.15) is 0 Å². The van der Waals surface area contributed by atoms with Crippen molar-refractivity contribution in [3.05, 3.63) is 0 Å². The number of aliphatic hydroxyl groups is 1. The molecule has 1 aliphatic heterocycles. The molecule has 4 heteroatoms. The average molecular weight is 185 g/mol. The number of hydrogen-bond donors (Lipinski definition) is 1. The Morgan fingerprint density at radius 1 is 1.46 bits per heavy atom. The maximum Gasteiger partial charge on any atom is 0.410 e. The third-order valence-corrected chi connectivity index (χ3v) is 2.90. The van der Waals surface area contributed by atoms with E-state index in [4.69, 9.17) is 9.84 Å². The summed E-state index contributed by atoms with van der Waals surface area (Å²) in [7, 11) is 0. The van der Waals surface area contributed by atoms with Gasteiger partial charge in [-0.1, -0.05) is 6.42 Å². The first kappa shape index (κ1) is 8.81. The van der Waals surface area contributed by atoms with E-state index in [1.165, 1.54) is 6.42 Å². The fraction of sp³-hybridized carbons (Fsp3) is 0.889. The van der Waals surface area contributed by atoms with E-state index in [-0.39, 0.29) is 24.8 Å². The summed E-state index contributed by atoms with van der Waals surface area (Å²) in [5.41, 5.74) is 0. The van der Waals surface area contributed by atoms with Gasteiger partial charge in [-0.25, -0.2) is 4.79 Å². The van der Waals surface area contributed by atoms with Crippen LogP contribution in [0.3, 0.4) is 0 Å². The molecular weight excluding hydrogens is 170 g/mol. The molecule has 1 N–H and O–H groups in total. The number of fused-ring (bicyclic) bond motifs is 1. The van der Waals surface area contributed by atoms with Crippen molar-refractivity contribution >= 4 is 6.09 Å². The number of aliphatic hydroxyl groups excluding tert-OH is 1. The molecule has 1 aliphatic carbocycles. The Hall–Kier alpha value is -0.770. The van der Waals surface area contributed by atoms with Crippen LogP contribution in [-0.2, 0) is 4.74 Å². The lowest BCUT2D eigenvalue weighted by atomic mass is 9.92. The molecule has 4 nitrogen and oxygen atoms in total. The molecule has 2 rings (SSSR count). The summed E-state index contributed by atoms with van der Waals surface area (Å²) in [6.45, 7) is 0.443. The van der Waals surface area contributed by atoms with Crippen LogP contribution < -0.4 is 0 Å². The third-order valence-electron chi connectivity index (χ3n) is 2.90. The van der Waals surface area contributed by atoms with E-state index < -0.39 is 0 Å². The van der Waals surface area contributed by atoms with Gasteiger partial charge in [0.1, 0.15) is 6.10 Å². The van der Waals surface area contributed by atoms with E-state index in [0.29, 0.717) is 6.54 Å². The van der Waals surface area contributed by atoms with Gasteiger partial charge in [-0.3, -0.25) is 4.90 Å². The highest BCUT2D eigenvalue weighted by atomic mass is 16.6. The number of rotatable bonds is 2. The van der Waals surface area contributed by atoms with Crippen molar-refractivity contribution in [3.8, 4) is 0 Å². The van der Waals surface area contributed by atoms with Crippen LogP contribution in [0.4, 0.5) is 4.79 Å². The van der Waals surface area contributed by atoms with E-state index in [0.717, 1.165) is 19.3 Å². The Kier molecular flexibility index (Phi) is 2.40. The van der Waals surface area contributed by atoms with E-state index in [9.17, 15) is 4.79 Å². The number of carbonyl (C=O) groups excluding carboxylic acids is 1. The average Bonchev–Trinajstić information content (AvgIpc) is 2.44. The monoisotopic (exact) mass is 185 g/mol. The zero-order valence-corrected chi connectivity index (χ0v) is 7.61. The second kappa shape index (κ2) is 3.54. The molecule has 1 amide bonds. The molecule has 13 heavy (non-hydrogen) atoms. The quantitative estimate of drug-likeness (QED) is 0.690. The molecule has 0 aromatic heterocycles. The zero-order chi connectivity index (χ0) is 9.26. The molecule has 1 saturated heterocycles. The Morgan fingerprint density at radius 3 is 3.00 bits per heavy atom. The Bertz CT molecular complexity index is 207. The van der Waals surface area contributed by atoms with Crippen LogP contribution in [0.15, 0.2) is 0 Å². The van der Waals surface area contributed by atoms with E-state index in [1.807, 2.05) is 0 Å². The highest BCUT2D eigenvalue weighted by Gasteiger charge is 2.42. The minimum Gasteiger partial charge on any atom is -0.444 e. The summed E-state index contributed by atoms with van der Waals surface area (Å²) < 4.78 is 5.21. The number of β-amino-alcohol motifs (C(OH)–C–C–N with tert-alkyl or cyclic N) is 1. The molecule has 0 radical (unpaired) electrons. The summed E-state index contributed by atoms with van der Waals surface area (Å²) in [6.07, 6.45) is 4.18. The van der Waals surface area contributed by atoms with Gasteiger partial charge in [-0.15, -0.1) is 0 Å². The summed E-state index contributed by atoms with van der Waals surface area (Å²) in [6, 6.07) is 0.230. The molecule has 2 fully saturated rings. The lowest BCUT2D eigenvalue weighted by Crippen LogP contribution is -2.39. The minimum atomic E-state index is -0.244. The summed E-state index contributed by atoms with van der Waals surface area (Å²) in [5.74, 6) is 0. The second-order valence-electron chi connectivity index (χ2n) is 3.69. The fourth-order valence-corrected chi connectivity index (χ4v) is 2.27. The van der Waals surface area contributed by atoms with Gasteiger partial charge < -0.3 is 9.84 Å². The normalized spacial score (nSPS) is 33.0. The van der Waals surface area contributed by atoms with Crippen molar-refractivity contribution in [2.45, 2.75) is 37.8 Å². The van der Waals surface area contributed by atoms with Gasteiger partial charge in [0.15, 0.2) is 0 Å². The molecule has 0 unspecified atom stereocenters. The van der Waals surface area contributed by atoms with Gasteiger partial charge >= 0.3 is 6.09 Å². The van der Waals surface area contributed by atoms with Crippen LogP contribution in [0.2, 0.25) is 0 Å². The number of carbonyl (C=O) groups is 1. The van der Waals surface area contributed by atoms with Gasteiger partial charge in [0.2, 0.25) is 0 Å². The highest BCUT2D eigenvalue weighted by molar-refractivity contribution is 5.70. The summed E-state index contributed by atoms with van der Waals surface area (Å²) >= 11 is 0. The fourth-order valence-electron chi connectivity index (χ4n) is 2.27. The van der Waals surface area contributed by atoms with Gasteiger partial charge in [0.25, 0.3) is 0 Å². The standard InChI is InChI=1S/C9H15NO3/c11-6-5-10-7-3-1-2-4-8(7)13-9(10)12/h7-8,11H,1-6H2/t7-,8-/m1/s1. The molecule has 1 saturated carbocycles. The van der Waals surface area contributed by atoms with Crippen molar-refractivity contribution in [2.75, 3.05) is 13.2 Å². The number of hydrogen-bond acceptors (Lipinski definition) is 3. The maximum absolute atomic E-state index is 11.3. The topological polar surface area (TPSA) is 49.8 Å². The van der Waals surface area contributed by atoms with Crippen molar-refractivity contribution in [1.82, 2.24) is 4.90 Å². The Balaban J connectivity index is 2.04. The first-order valence-electron chi connectivity index (χ1n) is 4.91. The van der Waals surface area contributed by atoms with Crippen molar-refractivity contribution in [2.24, 2.45) is 0 Å². The first-order valence-corrected chi connectivity index (χ1v) is 4.91. The van der Waals surface area contributed by atoms with Crippen LogP contribution in [0.25, 0.3) is 0 Å². The molecular formula is C9H15NO3. The third kappa shape index (κ3) is 1.50. The van der Waals surface area contributed by atoms with Crippen LogP contribution in [-0.4, -0.2) is 41.4 Å². The highest BCUT2D eigenvalue weighted by Crippen LogP contribution is 2.31. The van der Waals surface area contributed by atoms with E-state index >= 15 is 0 Å². The van der Waals surface area contributed by atoms with Crippen LogP contribution >= 0.6 is 0 Å². The number of ether oxygens (including phenoxy) is 1. The largest absolute Gasteiger partial charge is 0.444 e. The van der Waals surface area contributed by atoms with Crippen molar-refractivity contribution in [3.63, 3.8) is 0 Å². The van der Waals surface area contributed by atoms with Crippen LogP contribution in [0.5, 0.6) is 0 Å². The van der Waals surface area contributed by atoms with Crippen molar-refractivity contribution in [1.29, 1.82) is 0 Å². The second-order valence-corrected chi connectivity index (χ2v) is 3.69. The smallest absolute Gasteiger partial charge is 0.410 e. The number of amides is 1. The van der Waals surface area contributed by atoms with Gasteiger partial charge in [-0.05, 0) is 19.3 Å². The predicted octanol–water partition coefficient (Wildman–Crippen LogP) is 0.742. The molecule has 74 valence electrons. The Morgan fingerprint density at radius 2 is 2.23 bits per heavy atom. The van der Waals surface area contributed by atoms with Gasteiger partial charge in [0.05, 0.1) is 12.6 Å². The molecule has 1 heterocycles. The lowest BCUT2D eigenvalue weighted by molar-refractivity contribution is 0.113. The predicted molar refractivity (Wildman–Crippen MR) is 46.3 cm³/mol. The van der Waals surface area contributed by atoms with Crippen molar-refractivity contribution < 1.29 is 14.6 Å². The molecule has 2 aliphatic rings. The SMILES string of the molecule is O=C1O[C@@H]2CCCC[C@H]2N1CCO. The molecule has 0 aromatic rings. The summed E-state index contributed by atoms with van der Waals surface area (Å²) in [5, 5.41) is 8.79. The molecule has 0 bridgehead atoms. The molecule has 2 atom stereocenters. The maximum atomic E-state index is 11.3. The van der Waals surface area contributed by atoms with E-state index in [2.05, 4.69) is 0 Å². The Labute approximate surface area is 77.5 Å². The summed E-state index contributed by atoms with van der Waals surface area (Å²) in [4.78, 5) is 13.0. The molecule has 0 spiro atoms. The minimum absolute atomic E-state index is 0.0261.